The number of hydrogen-bond acceptors (Lipinski definition) is 3. The van der Waals surface area contributed by atoms with Gasteiger partial charge in [0.25, 0.3) is 0 Å². The number of amides is 1. The summed E-state index contributed by atoms with van der Waals surface area (Å²) in [4.78, 5) is 23.3. The van der Waals surface area contributed by atoms with Crippen LogP contribution in [-0.4, -0.2) is 29.1 Å². The van der Waals surface area contributed by atoms with Gasteiger partial charge in [-0.1, -0.05) is 26.7 Å². The van der Waals surface area contributed by atoms with E-state index >= 15 is 0 Å². The van der Waals surface area contributed by atoms with Crippen LogP contribution in [0.25, 0.3) is 0 Å². The summed E-state index contributed by atoms with van der Waals surface area (Å²) in [5.41, 5.74) is 5.00. The van der Waals surface area contributed by atoms with E-state index < -0.39 is 17.4 Å². The Labute approximate surface area is 108 Å². The van der Waals surface area contributed by atoms with Gasteiger partial charge in [0.05, 0.1) is 11.5 Å². The van der Waals surface area contributed by atoms with Crippen LogP contribution in [0.2, 0.25) is 0 Å². The van der Waals surface area contributed by atoms with Crippen LogP contribution in [0.4, 0.5) is 0 Å². The molecule has 5 heteroatoms. The van der Waals surface area contributed by atoms with E-state index in [0.717, 1.165) is 12.8 Å². The third-order valence-corrected chi connectivity index (χ3v) is 4.32. The van der Waals surface area contributed by atoms with Crippen molar-refractivity contribution < 1.29 is 14.7 Å². The van der Waals surface area contributed by atoms with E-state index in [9.17, 15) is 14.7 Å². The maximum absolute atomic E-state index is 12.0. The first kappa shape index (κ1) is 15.0. The van der Waals surface area contributed by atoms with Crippen LogP contribution in [0.15, 0.2) is 0 Å². The molecule has 1 aliphatic rings. The number of carboxylic acid groups (broad SMARTS) is 1. The number of carbonyl (C=O) groups is 2. The minimum atomic E-state index is -0.856. The molecule has 0 heterocycles. The molecule has 0 spiro atoms. The molecule has 1 saturated carbocycles. The lowest BCUT2D eigenvalue weighted by Gasteiger charge is -2.29. The maximum atomic E-state index is 12.0. The van der Waals surface area contributed by atoms with Gasteiger partial charge in [0, 0.05) is 6.04 Å². The fourth-order valence-electron chi connectivity index (χ4n) is 2.43. The molecule has 0 aliphatic heterocycles. The van der Waals surface area contributed by atoms with Crippen molar-refractivity contribution in [3.8, 4) is 0 Å². The average Bonchev–Trinajstić information content (AvgIpc) is 2.70. The number of nitrogens with one attached hydrogen (secondary N) is 1. The molecule has 4 unspecified atom stereocenters. The summed E-state index contributed by atoms with van der Waals surface area (Å²) >= 11 is 0. The van der Waals surface area contributed by atoms with E-state index in [2.05, 4.69) is 5.32 Å². The van der Waals surface area contributed by atoms with Gasteiger partial charge in [0.15, 0.2) is 0 Å². The third kappa shape index (κ3) is 2.83. The predicted octanol–water partition coefficient (Wildman–Crippen LogP) is 1.12. The lowest BCUT2D eigenvalue weighted by molar-refractivity contribution is -0.149. The van der Waals surface area contributed by atoms with Gasteiger partial charge in [-0.3, -0.25) is 9.59 Å². The van der Waals surface area contributed by atoms with Crippen molar-refractivity contribution in [2.24, 2.45) is 17.1 Å². The summed E-state index contributed by atoms with van der Waals surface area (Å²) in [6.45, 7) is 5.60. The van der Waals surface area contributed by atoms with Gasteiger partial charge in [-0.05, 0) is 25.7 Å². The quantitative estimate of drug-likeness (QED) is 0.687. The number of hydrogen-bond donors (Lipinski definition) is 3. The maximum Gasteiger partial charge on any atom is 0.311 e. The average molecular weight is 256 g/mol. The van der Waals surface area contributed by atoms with Gasteiger partial charge < -0.3 is 16.2 Å². The van der Waals surface area contributed by atoms with Crippen molar-refractivity contribution in [3.63, 3.8) is 0 Å². The van der Waals surface area contributed by atoms with Crippen molar-refractivity contribution in [1.29, 1.82) is 0 Å². The second-order valence-corrected chi connectivity index (χ2v) is 5.59. The first-order valence-electron chi connectivity index (χ1n) is 6.62. The van der Waals surface area contributed by atoms with Crippen LogP contribution in [-0.2, 0) is 9.59 Å². The van der Waals surface area contributed by atoms with Crippen LogP contribution in [0, 0.1) is 11.3 Å². The Hall–Kier alpha value is -1.10. The zero-order chi connectivity index (χ0) is 13.9. The van der Waals surface area contributed by atoms with E-state index in [-0.39, 0.29) is 17.9 Å². The van der Waals surface area contributed by atoms with Crippen molar-refractivity contribution in [3.05, 3.63) is 0 Å². The van der Waals surface area contributed by atoms with E-state index in [1.54, 1.807) is 6.92 Å². The zero-order valence-electron chi connectivity index (χ0n) is 11.4. The molecule has 4 atom stereocenters. The Kier molecular flexibility index (Phi) is 4.73. The first-order chi connectivity index (χ1) is 8.32. The van der Waals surface area contributed by atoms with Crippen molar-refractivity contribution in [2.75, 3.05) is 0 Å². The molecule has 0 bridgehead atoms. The van der Waals surface area contributed by atoms with E-state index in [1.165, 1.54) is 0 Å². The lowest BCUT2D eigenvalue weighted by Crippen LogP contribution is -2.53. The standard InChI is InChI=1S/C13H24N2O3/c1-4-8(2)10(14)11(16)15-9-6-5-7-13(9,3)12(17)18/h8-10H,4-7,14H2,1-3H3,(H,15,16)(H,17,18). The molecule has 0 aromatic carbocycles. The molecule has 0 radical (unpaired) electrons. The van der Waals surface area contributed by atoms with Gasteiger partial charge >= 0.3 is 5.97 Å². The summed E-state index contributed by atoms with van der Waals surface area (Å²) in [5.74, 6) is -0.978. The molecule has 1 rings (SSSR count). The summed E-state index contributed by atoms with van der Waals surface area (Å²) in [6, 6.07) is -0.869. The normalized spacial score (nSPS) is 30.8. The third-order valence-electron chi connectivity index (χ3n) is 4.32. The molecule has 0 saturated heterocycles. The highest BCUT2D eigenvalue weighted by Gasteiger charge is 2.46. The molecule has 1 aliphatic carbocycles. The SMILES string of the molecule is CCC(C)C(N)C(=O)NC1CCCC1(C)C(=O)O. The lowest BCUT2D eigenvalue weighted by atomic mass is 9.84. The molecule has 18 heavy (non-hydrogen) atoms. The molecule has 1 amide bonds. The van der Waals surface area contributed by atoms with Crippen molar-refractivity contribution >= 4 is 11.9 Å². The summed E-state index contributed by atoms with van der Waals surface area (Å²) in [7, 11) is 0. The Balaban J connectivity index is 2.67. The molecule has 4 N–H and O–H groups in total. The molecule has 0 aromatic heterocycles. The highest BCUT2D eigenvalue weighted by molar-refractivity contribution is 5.84. The molecular weight excluding hydrogens is 232 g/mol. The predicted molar refractivity (Wildman–Crippen MR) is 69.0 cm³/mol. The fraction of sp³-hybridized carbons (Fsp3) is 0.846. The second kappa shape index (κ2) is 5.69. The highest BCUT2D eigenvalue weighted by atomic mass is 16.4. The molecule has 0 aromatic rings. The van der Waals surface area contributed by atoms with Gasteiger partial charge in [-0.2, -0.15) is 0 Å². The fourth-order valence-corrected chi connectivity index (χ4v) is 2.43. The van der Waals surface area contributed by atoms with Gasteiger partial charge in [-0.25, -0.2) is 0 Å². The number of aliphatic carboxylic acids is 1. The molecule has 5 nitrogen and oxygen atoms in total. The van der Waals surface area contributed by atoms with Crippen LogP contribution in [0.3, 0.4) is 0 Å². The van der Waals surface area contributed by atoms with Gasteiger partial charge in [0.2, 0.25) is 5.91 Å². The van der Waals surface area contributed by atoms with E-state index in [1.807, 2.05) is 13.8 Å². The van der Waals surface area contributed by atoms with Crippen molar-refractivity contribution in [2.45, 2.75) is 58.5 Å². The summed E-state index contributed by atoms with van der Waals surface area (Å²) < 4.78 is 0. The Bertz CT molecular complexity index is 332. The molecular formula is C13H24N2O3. The Morgan fingerprint density at radius 2 is 2.17 bits per heavy atom. The second-order valence-electron chi connectivity index (χ2n) is 5.59. The Morgan fingerprint density at radius 1 is 1.56 bits per heavy atom. The topological polar surface area (TPSA) is 92.4 Å². The van der Waals surface area contributed by atoms with Crippen molar-refractivity contribution in [1.82, 2.24) is 5.32 Å². The largest absolute Gasteiger partial charge is 0.481 e. The van der Waals surface area contributed by atoms with Gasteiger partial charge in [-0.15, -0.1) is 0 Å². The zero-order valence-corrected chi connectivity index (χ0v) is 11.4. The van der Waals surface area contributed by atoms with Crippen LogP contribution >= 0.6 is 0 Å². The van der Waals surface area contributed by atoms with Crippen LogP contribution in [0.1, 0.15) is 46.5 Å². The van der Waals surface area contributed by atoms with Crippen LogP contribution in [0.5, 0.6) is 0 Å². The number of carboxylic acids is 1. The molecule has 1 fully saturated rings. The monoisotopic (exact) mass is 256 g/mol. The summed E-state index contributed by atoms with van der Waals surface area (Å²) in [5, 5.41) is 12.1. The van der Waals surface area contributed by atoms with Crippen LogP contribution < -0.4 is 11.1 Å². The Morgan fingerprint density at radius 3 is 2.67 bits per heavy atom. The molecule has 104 valence electrons. The van der Waals surface area contributed by atoms with E-state index in [0.29, 0.717) is 12.8 Å². The minimum absolute atomic E-state index is 0.0995. The number of nitrogens with two attached hydrogens (primary N) is 1. The van der Waals surface area contributed by atoms with Gasteiger partial charge in [0.1, 0.15) is 0 Å². The summed E-state index contributed by atoms with van der Waals surface area (Å²) in [6.07, 6.45) is 2.97. The first-order valence-corrected chi connectivity index (χ1v) is 6.62. The number of carbonyl (C=O) groups excluding carboxylic acids is 1. The number of rotatable bonds is 5. The highest BCUT2D eigenvalue weighted by Crippen LogP contribution is 2.38. The van der Waals surface area contributed by atoms with E-state index in [4.69, 9.17) is 5.73 Å². The smallest absolute Gasteiger partial charge is 0.311 e. The minimum Gasteiger partial charge on any atom is -0.481 e.